The average Bonchev–Trinajstić information content (AvgIpc) is 2.64. The van der Waals surface area contributed by atoms with E-state index >= 15 is 0 Å². The Bertz CT molecular complexity index is 883. The summed E-state index contributed by atoms with van der Waals surface area (Å²) in [5, 5.41) is 9.79. The van der Waals surface area contributed by atoms with Crippen LogP contribution in [0.5, 0.6) is 11.5 Å². The van der Waals surface area contributed by atoms with E-state index < -0.39 is 5.92 Å². The zero-order valence-electron chi connectivity index (χ0n) is 14.9. The fraction of sp³-hybridized carbons (Fsp3) is 0.368. The molecule has 0 unspecified atom stereocenters. The minimum Gasteiger partial charge on any atom is -0.493 e. The molecule has 3 rings (SSSR count). The van der Waals surface area contributed by atoms with Crippen molar-refractivity contribution in [1.82, 2.24) is 4.90 Å². The van der Waals surface area contributed by atoms with E-state index in [2.05, 4.69) is 22.0 Å². The summed E-state index contributed by atoms with van der Waals surface area (Å²) in [6.07, 6.45) is 2.03. The predicted octanol–water partition coefficient (Wildman–Crippen LogP) is 3.20. The molecule has 1 heterocycles. The van der Waals surface area contributed by atoms with Crippen molar-refractivity contribution in [3.63, 3.8) is 0 Å². The quantitative estimate of drug-likeness (QED) is 0.811. The van der Waals surface area contributed by atoms with Gasteiger partial charge < -0.3 is 20.1 Å². The molecule has 6 nitrogen and oxygen atoms in total. The van der Waals surface area contributed by atoms with Gasteiger partial charge in [-0.3, -0.25) is 4.79 Å². The van der Waals surface area contributed by atoms with E-state index in [1.165, 1.54) is 0 Å². The Morgan fingerprint density at radius 2 is 1.92 bits per heavy atom. The molecule has 0 amide bonds. The van der Waals surface area contributed by atoms with E-state index in [0.29, 0.717) is 34.9 Å². The fourth-order valence-corrected chi connectivity index (χ4v) is 4.22. The van der Waals surface area contributed by atoms with Gasteiger partial charge in [0.15, 0.2) is 17.3 Å². The van der Waals surface area contributed by atoms with Gasteiger partial charge in [0.25, 0.3) is 0 Å². The van der Waals surface area contributed by atoms with Crippen LogP contribution in [0, 0.1) is 11.3 Å². The molecule has 1 aliphatic heterocycles. The highest BCUT2D eigenvalue weighted by Gasteiger charge is 2.39. The lowest BCUT2D eigenvalue weighted by Crippen LogP contribution is -2.36. The summed E-state index contributed by atoms with van der Waals surface area (Å²) in [6, 6.07) is 5.80. The number of methoxy groups -OCH3 is 2. The number of Topliss-reactive ketones (excluding diaryl/α,β-unsaturated/α-hetero) is 1. The Morgan fingerprint density at radius 3 is 2.54 bits per heavy atom. The Labute approximate surface area is 161 Å². The van der Waals surface area contributed by atoms with Crippen molar-refractivity contribution < 1.29 is 14.3 Å². The maximum Gasteiger partial charge on any atom is 0.161 e. The van der Waals surface area contributed by atoms with Crippen molar-refractivity contribution in [1.29, 1.82) is 5.26 Å². The molecule has 0 saturated heterocycles. The molecule has 1 aromatic rings. The van der Waals surface area contributed by atoms with Crippen LogP contribution < -0.4 is 15.2 Å². The lowest BCUT2D eigenvalue weighted by atomic mass is 9.76. The Kier molecular flexibility index (Phi) is 4.97. The second-order valence-corrected chi connectivity index (χ2v) is 7.12. The number of nitriles is 1. The summed E-state index contributed by atoms with van der Waals surface area (Å²) in [4.78, 5) is 14.6. The standard InChI is InChI=1S/C19H20BrN3O3/c1-23-13-5-4-6-14(24)18(13)17(11(9-21)19(23)22)10-7-15(25-2)16(26-3)8-12(10)20/h7-8,17H,4-6,22H2,1-3H3/t17-/m1/s1. The molecule has 136 valence electrons. The normalized spacial score (nSPS) is 20.0. The van der Waals surface area contributed by atoms with Gasteiger partial charge in [0.2, 0.25) is 0 Å². The second-order valence-electron chi connectivity index (χ2n) is 6.27. The first-order valence-corrected chi connectivity index (χ1v) is 9.05. The Balaban J connectivity index is 2.28. The maximum absolute atomic E-state index is 12.8. The molecule has 0 radical (unpaired) electrons. The summed E-state index contributed by atoms with van der Waals surface area (Å²) in [5.74, 6) is 1.02. The molecule has 0 aromatic heterocycles. The molecular weight excluding hydrogens is 398 g/mol. The zero-order chi connectivity index (χ0) is 19.0. The lowest BCUT2D eigenvalue weighted by Gasteiger charge is -2.38. The zero-order valence-corrected chi connectivity index (χ0v) is 16.5. The highest BCUT2D eigenvalue weighted by atomic mass is 79.9. The summed E-state index contributed by atoms with van der Waals surface area (Å²) < 4.78 is 11.5. The fourth-order valence-electron chi connectivity index (χ4n) is 3.66. The van der Waals surface area contributed by atoms with Crippen molar-refractivity contribution >= 4 is 21.7 Å². The predicted molar refractivity (Wildman–Crippen MR) is 100 cm³/mol. The molecule has 0 bridgehead atoms. The van der Waals surface area contributed by atoms with E-state index in [4.69, 9.17) is 15.2 Å². The number of hydrogen-bond donors (Lipinski definition) is 1. The van der Waals surface area contributed by atoms with Gasteiger partial charge in [-0.25, -0.2) is 0 Å². The van der Waals surface area contributed by atoms with E-state index in [-0.39, 0.29) is 5.78 Å². The number of carbonyl (C=O) groups is 1. The van der Waals surface area contributed by atoms with Crippen LogP contribution in [0.15, 0.2) is 39.3 Å². The van der Waals surface area contributed by atoms with Crippen molar-refractivity contribution in [2.45, 2.75) is 25.2 Å². The molecule has 0 fully saturated rings. The topological polar surface area (TPSA) is 88.6 Å². The van der Waals surface area contributed by atoms with E-state index in [0.717, 1.165) is 28.6 Å². The first-order chi connectivity index (χ1) is 12.4. The molecule has 7 heteroatoms. The van der Waals surface area contributed by atoms with E-state index in [1.54, 1.807) is 38.3 Å². The first kappa shape index (κ1) is 18.3. The van der Waals surface area contributed by atoms with Gasteiger partial charge >= 0.3 is 0 Å². The molecule has 26 heavy (non-hydrogen) atoms. The SMILES string of the molecule is COc1cc(Br)c([C@@H]2C(C#N)=C(N)N(C)C3=C2C(=O)CCC3)cc1OC. The average molecular weight is 418 g/mol. The Morgan fingerprint density at radius 1 is 1.27 bits per heavy atom. The largest absolute Gasteiger partial charge is 0.493 e. The first-order valence-electron chi connectivity index (χ1n) is 8.25. The van der Waals surface area contributed by atoms with Gasteiger partial charge in [-0.05, 0) is 30.5 Å². The third kappa shape index (κ3) is 2.74. The number of allylic oxidation sites excluding steroid dienone is 3. The second kappa shape index (κ2) is 7.04. The van der Waals surface area contributed by atoms with Gasteiger partial charge in [0.1, 0.15) is 5.82 Å². The van der Waals surface area contributed by atoms with Crippen LogP contribution in [-0.2, 0) is 4.79 Å². The van der Waals surface area contributed by atoms with Gasteiger partial charge in [0, 0.05) is 29.2 Å². The van der Waals surface area contributed by atoms with Gasteiger partial charge in [-0.2, -0.15) is 5.26 Å². The van der Waals surface area contributed by atoms with Crippen LogP contribution in [-0.4, -0.2) is 32.0 Å². The van der Waals surface area contributed by atoms with Crippen molar-refractivity contribution in [2.24, 2.45) is 5.73 Å². The van der Waals surface area contributed by atoms with E-state index in [9.17, 15) is 10.1 Å². The van der Waals surface area contributed by atoms with E-state index in [1.807, 2.05) is 0 Å². The van der Waals surface area contributed by atoms with Crippen molar-refractivity contribution in [3.05, 3.63) is 44.8 Å². The highest BCUT2D eigenvalue weighted by molar-refractivity contribution is 9.10. The molecule has 2 N–H and O–H groups in total. The number of hydrogen-bond acceptors (Lipinski definition) is 6. The van der Waals surface area contributed by atoms with Crippen molar-refractivity contribution in [2.75, 3.05) is 21.3 Å². The van der Waals surface area contributed by atoms with Crippen LogP contribution in [0.2, 0.25) is 0 Å². The van der Waals surface area contributed by atoms with Crippen molar-refractivity contribution in [3.8, 4) is 17.6 Å². The number of ether oxygens (including phenoxy) is 2. The number of carbonyl (C=O) groups excluding carboxylic acids is 1. The molecule has 2 aliphatic rings. The van der Waals surface area contributed by atoms with Crippen LogP contribution in [0.4, 0.5) is 0 Å². The summed E-state index contributed by atoms with van der Waals surface area (Å²) in [6.45, 7) is 0. The third-order valence-electron chi connectivity index (χ3n) is 4.98. The number of ketones is 1. The molecular formula is C19H20BrN3O3. The highest BCUT2D eigenvalue weighted by Crippen LogP contribution is 2.48. The molecule has 0 saturated carbocycles. The lowest BCUT2D eigenvalue weighted by molar-refractivity contribution is -0.116. The van der Waals surface area contributed by atoms with Crippen LogP contribution in [0.25, 0.3) is 0 Å². The number of benzene rings is 1. The minimum absolute atomic E-state index is 0.0602. The molecule has 1 aliphatic carbocycles. The van der Waals surface area contributed by atoms with Crippen LogP contribution >= 0.6 is 15.9 Å². The molecule has 1 atom stereocenters. The summed E-state index contributed by atoms with van der Waals surface area (Å²) >= 11 is 3.56. The number of rotatable bonds is 3. The summed E-state index contributed by atoms with van der Waals surface area (Å²) in [7, 11) is 4.92. The summed E-state index contributed by atoms with van der Waals surface area (Å²) in [5.41, 5.74) is 8.93. The van der Waals surface area contributed by atoms with Crippen LogP contribution in [0.3, 0.4) is 0 Å². The number of nitrogens with two attached hydrogens (primary N) is 1. The monoisotopic (exact) mass is 417 g/mol. The third-order valence-corrected chi connectivity index (χ3v) is 5.67. The number of nitrogens with zero attached hydrogens (tertiary/aromatic N) is 2. The Hall–Kier alpha value is -2.46. The smallest absolute Gasteiger partial charge is 0.161 e. The van der Waals surface area contributed by atoms with Crippen LogP contribution in [0.1, 0.15) is 30.7 Å². The molecule has 1 aromatic carbocycles. The minimum atomic E-state index is -0.520. The number of halogens is 1. The molecule has 0 spiro atoms. The maximum atomic E-state index is 12.8. The van der Waals surface area contributed by atoms with Gasteiger partial charge in [-0.15, -0.1) is 0 Å². The van der Waals surface area contributed by atoms with Gasteiger partial charge in [-0.1, -0.05) is 15.9 Å². The van der Waals surface area contributed by atoms with Gasteiger partial charge in [0.05, 0.1) is 31.8 Å².